The molecule has 1 fully saturated rings. The molecule has 1 N–H and O–H groups in total. The number of ether oxygens (including phenoxy) is 1. The molecule has 0 aromatic heterocycles. The number of methoxy groups -OCH3 is 1. The van der Waals surface area contributed by atoms with E-state index in [-0.39, 0.29) is 0 Å². The highest BCUT2D eigenvalue weighted by Crippen LogP contribution is 2.35. The minimum Gasteiger partial charge on any atom is -0.495 e. The number of piperazine rings is 1. The van der Waals surface area contributed by atoms with Gasteiger partial charge in [0.2, 0.25) is 0 Å². The number of hydrogen-bond donors (Lipinski definition) is 1. The van der Waals surface area contributed by atoms with Gasteiger partial charge in [0, 0.05) is 32.4 Å². The Kier molecular flexibility index (Phi) is 3.77. The van der Waals surface area contributed by atoms with Crippen LogP contribution in [0.4, 0.5) is 5.69 Å². The largest absolute Gasteiger partial charge is 0.495 e. The zero-order valence-corrected chi connectivity index (χ0v) is 11.5. The average Bonchev–Trinajstić information content (AvgIpc) is 2.38. The molecule has 1 aliphatic heterocycles. The smallest absolute Gasteiger partial charge is 0.177 e. The van der Waals surface area contributed by atoms with Crippen LogP contribution in [0.1, 0.15) is 0 Å². The van der Waals surface area contributed by atoms with E-state index >= 15 is 0 Å². The Bertz CT molecular complexity index is 522. The number of benzene rings is 1. The lowest BCUT2D eigenvalue weighted by atomic mass is 10.2. The summed E-state index contributed by atoms with van der Waals surface area (Å²) in [6.07, 6.45) is 1.23. The van der Waals surface area contributed by atoms with Gasteiger partial charge in [0.05, 0.1) is 17.7 Å². The maximum absolute atomic E-state index is 11.9. The summed E-state index contributed by atoms with van der Waals surface area (Å²) in [5.41, 5.74) is 0.684. The van der Waals surface area contributed by atoms with Gasteiger partial charge in [-0.15, -0.1) is 0 Å². The number of nitrogens with zero attached hydrogens (tertiary/aromatic N) is 1. The van der Waals surface area contributed by atoms with Crippen LogP contribution in [0.2, 0.25) is 0 Å². The number of hydrogen-bond acceptors (Lipinski definition) is 5. The van der Waals surface area contributed by atoms with Crippen LogP contribution in [0.3, 0.4) is 0 Å². The highest BCUT2D eigenvalue weighted by Gasteiger charge is 2.23. The molecule has 0 amide bonds. The van der Waals surface area contributed by atoms with Gasteiger partial charge in [0.15, 0.2) is 9.84 Å². The Morgan fingerprint density at radius 1 is 1.28 bits per heavy atom. The quantitative estimate of drug-likeness (QED) is 0.867. The zero-order valence-electron chi connectivity index (χ0n) is 10.6. The summed E-state index contributed by atoms with van der Waals surface area (Å²) in [5.74, 6) is 0.611. The van der Waals surface area contributed by atoms with E-state index in [2.05, 4.69) is 10.2 Å². The first-order valence-corrected chi connectivity index (χ1v) is 7.76. The van der Waals surface area contributed by atoms with Gasteiger partial charge in [-0.1, -0.05) is 6.07 Å². The lowest BCUT2D eigenvalue weighted by molar-refractivity contribution is 0.411. The first-order valence-electron chi connectivity index (χ1n) is 5.87. The maximum atomic E-state index is 11.9. The predicted molar refractivity (Wildman–Crippen MR) is 71.2 cm³/mol. The Balaban J connectivity index is 2.53. The third-order valence-electron chi connectivity index (χ3n) is 3.01. The maximum Gasteiger partial charge on any atom is 0.177 e. The van der Waals surface area contributed by atoms with Gasteiger partial charge in [-0.25, -0.2) is 8.42 Å². The fourth-order valence-corrected chi connectivity index (χ4v) is 3.07. The molecule has 0 atom stereocenters. The predicted octanol–water partition coefficient (Wildman–Crippen LogP) is 0.508. The molecule has 0 unspecified atom stereocenters. The van der Waals surface area contributed by atoms with Crippen molar-refractivity contribution < 1.29 is 13.2 Å². The molecule has 1 saturated heterocycles. The van der Waals surface area contributed by atoms with Crippen molar-refractivity contribution in [2.24, 2.45) is 0 Å². The third-order valence-corrected chi connectivity index (χ3v) is 4.14. The van der Waals surface area contributed by atoms with Crippen LogP contribution in [0.25, 0.3) is 0 Å². The Morgan fingerprint density at radius 2 is 1.94 bits per heavy atom. The van der Waals surface area contributed by atoms with Crippen LogP contribution in [0.15, 0.2) is 23.1 Å². The summed E-state index contributed by atoms with van der Waals surface area (Å²) < 4.78 is 29.0. The van der Waals surface area contributed by atoms with Crippen LogP contribution in [-0.4, -0.2) is 48.0 Å². The van der Waals surface area contributed by atoms with Crippen molar-refractivity contribution in [1.29, 1.82) is 0 Å². The number of nitrogens with one attached hydrogen (secondary N) is 1. The van der Waals surface area contributed by atoms with E-state index in [1.807, 2.05) is 0 Å². The number of para-hydroxylation sites is 1. The third kappa shape index (κ3) is 2.59. The summed E-state index contributed by atoms with van der Waals surface area (Å²) >= 11 is 0. The molecule has 0 radical (unpaired) electrons. The second-order valence-corrected chi connectivity index (χ2v) is 6.30. The number of rotatable bonds is 3. The van der Waals surface area contributed by atoms with Crippen LogP contribution >= 0.6 is 0 Å². The summed E-state index contributed by atoms with van der Waals surface area (Å²) in [4.78, 5) is 2.40. The second-order valence-electron chi connectivity index (χ2n) is 4.32. The molecule has 0 spiro atoms. The van der Waals surface area contributed by atoms with E-state index < -0.39 is 9.84 Å². The molecule has 1 heterocycles. The molecular formula is C12H18N2O3S. The van der Waals surface area contributed by atoms with Crippen LogP contribution in [0, 0.1) is 0 Å². The topological polar surface area (TPSA) is 58.6 Å². The normalized spacial score (nSPS) is 16.7. The highest BCUT2D eigenvalue weighted by atomic mass is 32.2. The molecule has 100 valence electrons. The lowest BCUT2D eigenvalue weighted by Crippen LogP contribution is -2.44. The van der Waals surface area contributed by atoms with Crippen LogP contribution < -0.4 is 15.0 Å². The number of sulfone groups is 1. The standard InChI is InChI=1S/C12H18N2O3S/c1-17-10-4-3-5-11(18(2,15)16)12(10)14-8-6-13-7-9-14/h3-5,13H,6-9H2,1-2H3. The molecule has 6 heteroatoms. The van der Waals surface area contributed by atoms with Crippen molar-refractivity contribution in [2.75, 3.05) is 44.4 Å². The molecule has 1 aliphatic rings. The summed E-state index contributed by atoms with van der Waals surface area (Å²) in [6, 6.07) is 5.14. The minimum atomic E-state index is -3.26. The van der Waals surface area contributed by atoms with Crippen molar-refractivity contribution >= 4 is 15.5 Å². The van der Waals surface area contributed by atoms with Crippen LogP contribution in [-0.2, 0) is 9.84 Å². The van der Waals surface area contributed by atoms with Gasteiger partial charge >= 0.3 is 0 Å². The fraction of sp³-hybridized carbons (Fsp3) is 0.500. The summed E-state index contributed by atoms with van der Waals surface area (Å²) in [7, 11) is -1.69. The van der Waals surface area contributed by atoms with Gasteiger partial charge in [0.1, 0.15) is 5.75 Å². The van der Waals surface area contributed by atoms with Gasteiger partial charge < -0.3 is 15.0 Å². The molecule has 5 nitrogen and oxygen atoms in total. The SMILES string of the molecule is COc1cccc(S(C)(=O)=O)c1N1CCNCC1. The van der Waals surface area contributed by atoms with Gasteiger partial charge in [0.25, 0.3) is 0 Å². The Labute approximate surface area is 108 Å². The van der Waals surface area contributed by atoms with Crippen molar-refractivity contribution in [3.8, 4) is 5.75 Å². The van der Waals surface area contributed by atoms with E-state index in [1.54, 1.807) is 25.3 Å². The number of anilines is 1. The van der Waals surface area contributed by atoms with Gasteiger partial charge in [-0.05, 0) is 12.1 Å². The van der Waals surface area contributed by atoms with Crippen molar-refractivity contribution in [2.45, 2.75) is 4.90 Å². The molecular weight excluding hydrogens is 252 g/mol. The van der Waals surface area contributed by atoms with Crippen LogP contribution in [0.5, 0.6) is 5.75 Å². The second kappa shape index (κ2) is 5.16. The Hall–Kier alpha value is -1.27. The van der Waals surface area contributed by atoms with E-state index in [0.717, 1.165) is 26.2 Å². The van der Waals surface area contributed by atoms with E-state index in [0.29, 0.717) is 16.3 Å². The van der Waals surface area contributed by atoms with Gasteiger partial charge in [-0.2, -0.15) is 0 Å². The molecule has 1 aromatic rings. The highest BCUT2D eigenvalue weighted by molar-refractivity contribution is 7.90. The first kappa shape index (κ1) is 13.2. The minimum absolute atomic E-state index is 0.337. The molecule has 2 rings (SSSR count). The first-order chi connectivity index (χ1) is 8.54. The summed E-state index contributed by atoms with van der Waals surface area (Å²) in [6.45, 7) is 3.26. The molecule has 18 heavy (non-hydrogen) atoms. The van der Waals surface area contributed by atoms with Crippen molar-refractivity contribution in [3.63, 3.8) is 0 Å². The van der Waals surface area contributed by atoms with Crippen molar-refractivity contribution in [1.82, 2.24) is 5.32 Å². The van der Waals surface area contributed by atoms with Crippen molar-refractivity contribution in [3.05, 3.63) is 18.2 Å². The molecule has 0 bridgehead atoms. The van der Waals surface area contributed by atoms with E-state index in [4.69, 9.17) is 4.74 Å². The van der Waals surface area contributed by atoms with E-state index in [1.165, 1.54) is 6.26 Å². The monoisotopic (exact) mass is 270 g/mol. The van der Waals surface area contributed by atoms with Gasteiger partial charge in [-0.3, -0.25) is 0 Å². The van der Waals surface area contributed by atoms with E-state index in [9.17, 15) is 8.42 Å². The zero-order chi connectivity index (χ0) is 13.2. The summed E-state index contributed by atoms with van der Waals surface area (Å²) in [5, 5.41) is 3.25. The molecule has 0 saturated carbocycles. The fourth-order valence-electron chi connectivity index (χ4n) is 2.17. The molecule has 1 aromatic carbocycles. The average molecular weight is 270 g/mol. The lowest BCUT2D eigenvalue weighted by Gasteiger charge is -2.31. The Morgan fingerprint density at radius 3 is 2.50 bits per heavy atom. The molecule has 0 aliphatic carbocycles.